The van der Waals surface area contributed by atoms with Crippen molar-refractivity contribution in [2.75, 3.05) is 43.4 Å². The third-order valence-corrected chi connectivity index (χ3v) is 5.97. The van der Waals surface area contributed by atoms with Gasteiger partial charge in [-0.3, -0.25) is 14.5 Å². The average Bonchev–Trinajstić information content (AvgIpc) is 3.23. The number of halogens is 1. The van der Waals surface area contributed by atoms with Gasteiger partial charge in [-0.25, -0.2) is 0 Å². The molecule has 1 atom stereocenters. The highest BCUT2D eigenvalue weighted by Gasteiger charge is 2.26. The molecule has 2 aliphatic heterocycles. The lowest BCUT2D eigenvalue weighted by Gasteiger charge is -2.29. The molecule has 0 spiro atoms. The van der Waals surface area contributed by atoms with Crippen molar-refractivity contribution in [2.24, 2.45) is 0 Å². The van der Waals surface area contributed by atoms with Gasteiger partial charge in [-0.2, -0.15) is 0 Å². The Balaban J connectivity index is 1.50. The number of carbonyl (C=O) groups excluding carboxylic acids is 2. The van der Waals surface area contributed by atoms with Crippen molar-refractivity contribution in [1.29, 1.82) is 0 Å². The molecule has 2 heterocycles. The number of nitrogens with zero attached hydrogens (tertiary/aromatic N) is 2. The van der Waals surface area contributed by atoms with Gasteiger partial charge in [0.05, 0.1) is 24.0 Å². The number of anilines is 2. The minimum atomic E-state index is -0.161. The fourth-order valence-corrected chi connectivity index (χ4v) is 4.39. The number of hydrogen-bond acceptors (Lipinski definition) is 4. The molecule has 0 aromatic heterocycles. The molecule has 1 fully saturated rings. The zero-order chi connectivity index (χ0) is 20.4. The van der Waals surface area contributed by atoms with Gasteiger partial charge >= 0.3 is 0 Å². The Hall–Kier alpha value is -2.57. The largest absolute Gasteiger partial charge is 0.364 e. The van der Waals surface area contributed by atoms with Gasteiger partial charge in [-0.15, -0.1) is 0 Å². The number of nitrogens with one attached hydrogen (secondary N) is 2. The quantitative estimate of drug-likeness (QED) is 0.790. The maximum atomic E-state index is 12.8. The first kappa shape index (κ1) is 19.7. The molecule has 0 unspecified atom stereocenters. The molecule has 0 bridgehead atoms. The van der Waals surface area contributed by atoms with Crippen LogP contribution in [0.1, 0.15) is 34.8 Å². The number of fused-ring (bicyclic) bond motifs is 1. The van der Waals surface area contributed by atoms with E-state index >= 15 is 0 Å². The summed E-state index contributed by atoms with van der Waals surface area (Å²) in [4.78, 5) is 28.9. The molecule has 2 aliphatic rings. The maximum Gasteiger partial charge on any atom is 0.251 e. The number of amides is 2. The first-order valence-electron chi connectivity index (χ1n) is 9.94. The first-order valence-corrected chi connectivity index (χ1v) is 10.3. The number of likely N-dealkylation sites (N-methyl/N-ethyl adjacent to an activating group) is 1. The Bertz CT molecular complexity index is 927. The monoisotopic (exact) mass is 412 g/mol. The summed E-state index contributed by atoms with van der Waals surface area (Å²) in [5, 5.41) is 6.63. The van der Waals surface area contributed by atoms with Crippen LogP contribution in [0, 0.1) is 0 Å². The zero-order valence-corrected chi connectivity index (χ0v) is 17.2. The van der Waals surface area contributed by atoms with Crippen molar-refractivity contribution in [3.05, 3.63) is 58.6 Å². The molecular weight excluding hydrogens is 388 g/mol. The van der Waals surface area contributed by atoms with E-state index in [1.807, 2.05) is 42.3 Å². The highest BCUT2D eigenvalue weighted by atomic mass is 35.5. The molecule has 2 N–H and O–H groups in total. The second-order valence-corrected chi connectivity index (χ2v) is 8.03. The molecule has 4 rings (SSSR count). The van der Waals surface area contributed by atoms with Gasteiger partial charge in [0.15, 0.2) is 0 Å². The summed E-state index contributed by atoms with van der Waals surface area (Å²) in [6.45, 7) is 2.80. The van der Waals surface area contributed by atoms with Crippen LogP contribution in [0.3, 0.4) is 0 Å². The SMILES string of the molecule is CN1CC(=O)Nc2cc(C(=O)NC[C@@H](c3ccccc3Cl)N3CCCC3)ccc21. The van der Waals surface area contributed by atoms with Crippen molar-refractivity contribution in [1.82, 2.24) is 10.2 Å². The van der Waals surface area contributed by atoms with E-state index in [9.17, 15) is 9.59 Å². The number of carbonyl (C=O) groups is 2. The van der Waals surface area contributed by atoms with Crippen molar-refractivity contribution >= 4 is 34.8 Å². The van der Waals surface area contributed by atoms with Crippen molar-refractivity contribution in [3.8, 4) is 0 Å². The summed E-state index contributed by atoms with van der Waals surface area (Å²) in [6, 6.07) is 13.3. The van der Waals surface area contributed by atoms with Crippen LogP contribution in [0.4, 0.5) is 11.4 Å². The van der Waals surface area contributed by atoms with E-state index in [2.05, 4.69) is 15.5 Å². The summed E-state index contributed by atoms with van der Waals surface area (Å²) in [5.41, 5.74) is 3.14. The third kappa shape index (κ3) is 4.23. The molecule has 6 nitrogen and oxygen atoms in total. The fourth-order valence-electron chi connectivity index (χ4n) is 4.13. The Morgan fingerprint density at radius 2 is 1.97 bits per heavy atom. The Morgan fingerprint density at radius 1 is 1.21 bits per heavy atom. The predicted octanol–water partition coefficient (Wildman–Crippen LogP) is 3.30. The summed E-state index contributed by atoms with van der Waals surface area (Å²) in [6.07, 6.45) is 2.32. The van der Waals surface area contributed by atoms with Gasteiger partial charge in [0.1, 0.15) is 0 Å². The summed E-state index contributed by atoms with van der Waals surface area (Å²) in [7, 11) is 1.86. The lowest BCUT2D eigenvalue weighted by atomic mass is 10.0. The normalized spacial score (nSPS) is 17.6. The number of benzene rings is 2. The van der Waals surface area contributed by atoms with Crippen LogP contribution in [-0.2, 0) is 4.79 Å². The Kier molecular flexibility index (Phi) is 5.74. The van der Waals surface area contributed by atoms with E-state index in [4.69, 9.17) is 11.6 Å². The molecule has 0 aliphatic carbocycles. The molecule has 29 heavy (non-hydrogen) atoms. The van der Waals surface area contributed by atoms with Gasteiger partial charge in [-0.1, -0.05) is 29.8 Å². The van der Waals surface area contributed by atoms with Crippen molar-refractivity contribution < 1.29 is 9.59 Å². The van der Waals surface area contributed by atoms with Gasteiger partial charge in [0.2, 0.25) is 5.91 Å². The molecule has 1 saturated heterocycles. The average molecular weight is 413 g/mol. The fraction of sp³-hybridized carbons (Fsp3) is 0.364. The number of hydrogen-bond donors (Lipinski definition) is 2. The van der Waals surface area contributed by atoms with E-state index < -0.39 is 0 Å². The smallest absolute Gasteiger partial charge is 0.251 e. The van der Waals surface area contributed by atoms with E-state index in [1.54, 1.807) is 12.1 Å². The lowest BCUT2D eigenvalue weighted by molar-refractivity contribution is -0.115. The molecule has 0 radical (unpaired) electrons. The van der Waals surface area contributed by atoms with Crippen molar-refractivity contribution in [3.63, 3.8) is 0 Å². The van der Waals surface area contributed by atoms with Gasteiger partial charge < -0.3 is 15.5 Å². The number of rotatable bonds is 5. The van der Waals surface area contributed by atoms with Crippen LogP contribution in [0.15, 0.2) is 42.5 Å². The van der Waals surface area contributed by atoms with Gasteiger partial charge in [0, 0.05) is 24.2 Å². The standard InChI is InChI=1S/C22H25ClN4O2/c1-26-14-21(28)25-18-12-15(8-9-19(18)26)22(29)24-13-20(27-10-4-5-11-27)16-6-2-3-7-17(16)23/h2-3,6-9,12,20H,4-5,10-11,13-14H2,1H3,(H,24,29)(H,25,28)/t20-/m0/s1. The highest BCUT2D eigenvalue weighted by Crippen LogP contribution is 2.31. The molecule has 2 aromatic rings. The van der Waals surface area contributed by atoms with Crippen LogP contribution in [0.2, 0.25) is 5.02 Å². The van der Waals surface area contributed by atoms with Crippen molar-refractivity contribution in [2.45, 2.75) is 18.9 Å². The van der Waals surface area contributed by atoms with Crippen LogP contribution in [0.5, 0.6) is 0 Å². The van der Waals surface area contributed by atoms with Crippen LogP contribution in [-0.4, -0.2) is 49.9 Å². The predicted molar refractivity (Wildman–Crippen MR) is 116 cm³/mol. The summed E-state index contributed by atoms with van der Waals surface area (Å²) < 4.78 is 0. The van der Waals surface area contributed by atoms with Crippen LogP contribution in [0.25, 0.3) is 0 Å². The van der Waals surface area contributed by atoms with Crippen LogP contribution >= 0.6 is 11.6 Å². The minimum absolute atomic E-state index is 0.0404. The Labute approximate surface area is 175 Å². The molecule has 0 saturated carbocycles. The first-order chi connectivity index (χ1) is 14.0. The third-order valence-electron chi connectivity index (χ3n) is 5.63. The van der Waals surface area contributed by atoms with Gasteiger partial charge in [-0.05, 0) is 55.8 Å². The summed E-state index contributed by atoms with van der Waals surface area (Å²) in [5.74, 6) is -0.239. The summed E-state index contributed by atoms with van der Waals surface area (Å²) >= 11 is 6.45. The van der Waals surface area contributed by atoms with E-state index in [-0.39, 0.29) is 17.9 Å². The van der Waals surface area contributed by atoms with Gasteiger partial charge in [0.25, 0.3) is 5.91 Å². The molecular formula is C22H25ClN4O2. The molecule has 152 valence electrons. The second-order valence-electron chi connectivity index (χ2n) is 7.63. The van der Waals surface area contributed by atoms with Crippen LogP contribution < -0.4 is 15.5 Å². The number of likely N-dealkylation sites (tertiary alicyclic amines) is 1. The lowest BCUT2D eigenvalue weighted by Crippen LogP contribution is -2.37. The van der Waals surface area contributed by atoms with E-state index in [0.717, 1.165) is 42.2 Å². The maximum absolute atomic E-state index is 12.8. The molecule has 7 heteroatoms. The molecule has 2 aromatic carbocycles. The topological polar surface area (TPSA) is 64.7 Å². The van der Waals surface area contributed by atoms with E-state index in [0.29, 0.717) is 24.3 Å². The highest BCUT2D eigenvalue weighted by molar-refractivity contribution is 6.31. The minimum Gasteiger partial charge on any atom is -0.364 e. The zero-order valence-electron chi connectivity index (χ0n) is 16.5. The molecule has 2 amide bonds. The second kappa shape index (κ2) is 8.43. The Morgan fingerprint density at radius 3 is 2.72 bits per heavy atom. The van der Waals surface area contributed by atoms with E-state index in [1.165, 1.54) is 0 Å².